The molecule has 0 aliphatic carbocycles. The van der Waals surface area contributed by atoms with Crippen molar-refractivity contribution in [2.45, 2.75) is 0 Å². The maximum atomic E-state index is 13.2. The highest BCUT2D eigenvalue weighted by Gasteiger charge is 2.22. The molecule has 9 rings (SSSR count). The van der Waals surface area contributed by atoms with E-state index < -0.39 is 23.9 Å². The van der Waals surface area contributed by atoms with Crippen LogP contribution in [0.5, 0.6) is 0 Å². The van der Waals surface area contributed by atoms with E-state index >= 15 is 0 Å². The summed E-state index contributed by atoms with van der Waals surface area (Å²) in [7, 11) is 5.29. The van der Waals surface area contributed by atoms with Gasteiger partial charge in [0.25, 0.3) is 0 Å². The molecule has 0 radical (unpaired) electrons. The molecule has 13 nitrogen and oxygen atoms in total. The van der Waals surface area contributed by atoms with Gasteiger partial charge >= 0.3 is 23.9 Å². The van der Waals surface area contributed by atoms with Gasteiger partial charge in [-0.3, -0.25) is 4.79 Å². The molecular formula is C53H38N4O9. The quantitative estimate of drug-likeness (QED) is 0.0800. The minimum atomic E-state index is -0.505. The number of fused-ring (bicyclic) bond motifs is 8. The number of rotatable bonds is 9. The number of esters is 4. The van der Waals surface area contributed by atoms with Crippen LogP contribution in [0.1, 0.15) is 74.6 Å². The molecule has 7 aromatic rings. The van der Waals surface area contributed by atoms with E-state index in [9.17, 15) is 24.0 Å². The molecule has 2 N–H and O–H groups in total. The fraction of sp³-hybridized carbons (Fsp3) is 0.0755. The summed E-state index contributed by atoms with van der Waals surface area (Å²) in [6.07, 6.45) is 8.28. The number of benzene rings is 4. The molecule has 0 atom stereocenters. The maximum absolute atomic E-state index is 13.2. The Morgan fingerprint density at radius 1 is 0.409 bits per heavy atom. The lowest BCUT2D eigenvalue weighted by atomic mass is 10.0. The topological polar surface area (TPSA) is 180 Å². The highest BCUT2D eigenvalue weighted by atomic mass is 16.5. The van der Waals surface area contributed by atoms with Crippen LogP contribution in [0.3, 0.4) is 0 Å². The molecule has 13 heteroatoms. The number of hydrogen-bond acceptors (Lipinski definition) is 11. The Morgan fingerprint density at radius 2 is 0.712 bits per heavy atom. The average Bonchev–Trinajstić information content (AvgIpc) is 4.21. The van der Waals surface area contributed by atoms with E-state index in [0.717, 1.165) is 17.4 Å². The standard InChI is InChI=1S/C53H38N4O9/c1-63-50(59)33-13-5-29(6-14-33)45-38-21-22-39(54-38)46(30-7-15-34(16-8-30)51(60)64-2)41-25-26-43(56-41)48(32-11-19-36(20-12-32)53(62)66-4)49-37(28-58)27-44(57-49)47(42-24-23-40(45)55-42)31-9-17-35(18-10-31)52(61)65-3/h5-28,54,57H,1-4H3. The van der Waals surface area contributed by atoms with E-state index in [1.54, 1.807) is 78.9 Å². The second-order valence-electron chi connectivity index (χ2n) is 15.1. The van der Waals surface area contributed by atoms with Crippen molar-refractivity contribution in [1.29, 1.82) is 0 Å². The number of hydrogen-bond donors (Lipinski definition) is 2. The summed E-state index contributed by atoms with van der Waals surface area (Å²) in [5.41, 5.74) is 11.7. The third-order valence-electron chi connectivity index (χ3n) is 11.4. The molecule has 0 unspecified atom stereocenters. The van der Waals surface area contributed by atoms with Crippen molar-refractivity contribution < 1.29 is 42.9 Å². The summed E-state index contributed by atoms with van der Waals surface area (Å²) in [5.74, 6) is -1.96. The largest absolute Gasteiger partial charge is 0.465 e. The highest BCUT2D eigenvalue weighted by Crippen LogP contribution is 2.39. The number of H-pyrrole nitrogens is 2. The Hall–Kier alpha value is -8.97. The van der Waals surface area contributed by atoms with Crippen LogP contribution in [-0.4, -0.2) is 78.5 Å². The molecular weight excluding hydrogens is 837 g/mol. The first-order chi connectivity index (χ1) is 32.1. The van der Waals surface area contributed by atoms with Crippen LogP contribution in [0.25, 0.3) is 90.9 Å². The number of nitrogens with zero attached hydrogens (tertiary/aromatic N) is 2. The van der Waals surface area contributed by atoms with Crippen LogP contribution in [0.2, 0.25) is 0 Å². The minimum Gasteiger partial charge on any atom is -0.465 e. The molecule has 3 aromatic heterocycles. The number of methoxy groups -OCH3 is 4. The van der Waals surface area contributed by atoms with Gasteiger partial charge in [-0.15, -0.1) is 0 Å². The van der Waals surface area contributed by atoms with Gasteiger partial charge in [-0.05, 0) is 113 Å². The maximum Gasteiger partial charge on any atom is 0.337 e. The predicted molar refractivity (Wildman–Crippen MR) is 251 cm³/mol. The summed E-state index contributed by atoms with van der Waals surface area (Å²) < 4.78 is 19.9. The predicted octanol–water partition coefficient (Wildman–Crippen LogP) is 10.3. The van der Waals surface area contributed by atoms with E-state index in [-0.39, 0.29) is 0 Å². The Balaban J connectivity index is 1.44. The van der Waals surface area contributed by atoms with Gasteiger partial charge in [-0.2, -0.15) is 0 Å². The average molecular weight is 875 g/mol. The van der Waals surface area contributed by atoms with Gasteiger partial charge in [0.2, 0.25) is 0 Å². The molecule has 0 fully saturated rings. The Bertz CT molecular complexity index is 3360. The molecule has 0 saturated heterocycles. The first kappa shape index (κ1) is 42.3. The summed E-state index contributed by atoms with van der Waals surface area (Å²) in [4.78, 5) is 81.0. The van der Waals surface area contributed by atoms with Gasteiger partial charge in [-0.1, -0.05) is 48.5 Å². The van der Waals surface area contributed by atoms with Crippen LogP contribution in [0, 0.1) is 0 Å². The van der Waals surface area contributed by atoms with Crippen LogP contribution in [-0.2, 0) is 18.9 Å². The smallest absolute Gasteiger partial charge is 0.337 e. The molecule has 2 aliphatic heterocycles. The van der Waals surface area contributed by atoms with E-state index in [0.29, 0.717) is 106 Å². The Kier molecular flexibility index (Phi) is 11.3. The van der Waals surface area contributed by atoms with Gasteiger partial charge in [0.1, 0.15) is 0 Å². The second kappa shape index (κ2) is 17.7. The fourth-order valence-electron chi connectivity index (χ4n) is 8.18. The van der Waals surface area contributed by atoms with Gasteiger partial charge in [0.05, 0.1) is 79.0 Å². The number of aromatic nitrogens is 4. The normalized spacial score (nSPS) is 11.5. The van der Waals surface area contributed by atoms with Crippen molar-refractivity contribution in [3.63, 3.8) is 0 Å². The number of carbonyl (C=O) groups excluding carboxylic acids is 5. The number of aldehydes is 1. The lowest BCUT2D eigenvalue weighted by Gasteiger charge is -2.08. The molecule has 66 heavy (non-hydrogen) atoms. The van der Waals surface area contributed by atoms with Crippen molar-refractivity contribution in [1.82, 2.24) is 19.9 Å². The summed E-state index contributed by atoms with van der Waals surface area (Å²) in [6, 6.07) is 33.4. The zero-order valence-electron chi connectivity index (χ0n) is 35.9. The second-order valence-corrected chi connectivity index (χ2v) is 15.1. The summed E-state index contributed by atoms with van der Waals surface area (Å²) in [5, 5.41) is 0. The molecule has 0 saturated carbocycles. The van der Waals surface area contributed by atoms with Crippen molar-refractivity contribution in [2.24, 2.45) is 0 Å². The van der Waals surface area contributed by atoms with Crippen molar-refractivity contribution in [3.05, 3.63) is 166 Å². The SMILES string of the molecule is COC(=O)c1ccc(-c2c3nc(c(-c4ccc(C(=O)OC)cc4)c4cc(C=O)c([nH]4)c(-c4ccc(C(=O)OC)cc4)c4nc(c(-c5ccc(C(=O)OC)cc5)c5ccc2[nH]5)C=C4)C=C3)cc1. The third kappa shape index (κ3) is 7.74. The van der Waals surface area contributed by atoms with Crippen LogP contribution < -0.4 is 0 Å². The van der Waals surface area contributed by atoms with E-state index in [2.05, 4.69) is 9.97 Å². The Morgan fingerprint density at radius 3 is 1.03 bits per heavy atom. The van der Waals surface area contributed by atoms with E-state index in [1.165, 1.54) is 28.4 Å². The van der Waals surface area contributed by atoms with Gasteiger partial charge in [-0.25, -0.2) is 29.1 Å². The van der Waals surface area contributed by atoms with E-state index in [4.69, 9.17) is 28.9 Å². The van der Waals surface area contributed by atoms with Gasteiger partial charge in [0.15, 0.2) is 6.29 Å². The Labute approximate surface area is 377 Å². The number of carbonyl (C=O) groups is 5. The zero-order chi connectivity index (χ0) is 46.1. The van der Waals surface area contributed by atoms with Gasteiger partial charge < -0.3 is 28.9 Å². The highest BCUT2D eigenvalue weighted by molar-refractivity contribution is 6.05. The third-order valence-corrected chi connectivity index (χ3v) is 11.4. The lowest BCUT2D eigenvalue weighted by Crippen LogP contribution is -2.00. The van der Waals surface area contributed by atoms with Crippen LogP contribution >= 0.6 is 0 Å². The summed E-state index contributed by atoms with van der Waals surface area (Å²) in [6.45, 7) is 0. The first-order valence-corrected chi connectivity index (χ1v) is 20.5. The lowest BCUT2D eigenvalue weighted by molar-refractivity contribution is 0.0592. The molecule has 324 valence electrons. The molecule has 2 aliphatic rings. The first-order valence-electron chi connectivity index (χ1n) is 20.5. The van der Waals surface area contributed by atoms with Gasteiger partial charge in [0, 0.05) is 44.4 Å². The summed E-state index contributed by atoms with van der Waals surface area (Å²) >= 11 is 0. The van der Waals surface area contributed by atoms with E-state index in [1.807, 2.05) is 60.7 Å². The van der Waals surface area contributed by atoms with Crippen LogP contribution in [0.4, 0.5) is 0 Å². The minimum absolute atomic E-state index is 0.315. The number of nitrogens with one attached hydrogen (secondary N) is 2. The van der Waals surface area contributed by atoms with Crippen LogP contribution in [0.15, 0.2) is 115 Å². The molecule has 4 aromatic carbocycles. The molecule has 8 bridgehead atoms. The van der Waals surface area contributed by atoms with Crippen molar-refractivity contribution in [2.75, 3.05) is 28.4 Å². The fourth-order valence-corrected chi connectivity index (χ4v) is 8.18. The van der Waals surface area contributed by atoms with Crippen molar-refractivity contribution in [3.8, 4) is 44.5 Å². The molecule has 0 amide bonds. The van der Waals surface area contributed by atoms with Crippen molar-refractivity contribution >= 4 is 76.5 Å². The molecule has 5 heterocycles. The monoisotopic (exact) mass is 874 g/mol. The number of aromatic amines is 2. The zero-order valence-corrected chi connectivity index (χ0v) is 35.9. The number of ether oxygens (including phenoxy) is 4. The molecule has 0 spiro atoms.